The number of carbonyl (C=O) groups excluding carboxylic acids is 1. The van der Waals surface area contributed by atoms with Crippen LogP contribution in [0.25, 0.3) is 11.0 Å². The molecule has 6 heteroatoms. The molecule has 18 heavy (non-hydrogen) atoms. The fraction of sp³-hybridized carbons (Fsp3) is 0.333. The van der Waals surface area contributed by atoms with E-state index in [2.05, 4.69) is 15.3 Å². The Labute approximate surface area is 109 Å². The molecule has 96 valence electrons. The largest absolute Gasteiger partial charge is 0.348 e. The smallest absolute Gasteiger partial charge is 0.323 e. The lowest BCUT2D eigenvalue weighted by Crippen LogP contribution is -2.31. The van der Waals surface area contributed by atoms with Gasteiger partial charge in [0.25, 0.3) is 0 Å². The van der Waals surface area contributed by atoms with E-state index in [1.165, 1.54) is 0 Å². The van der Waals surface area contributed by atoms with E-state index in [1.54, 1.807) is 13.0 Å². The number of hydrogen-bond acceptors (Lipinski definition) is 2. The minimum absolute atomic E-state index is 0.165. The highest BCUT2D eigenvalue weighted by Gasteiger charge is 2.14. The minimum Gasteiger partial charge on any atom is -0.348 e. The maximum atomic E-state index is 11.5. The van der Waals surface area contributed by atoms with Crippen LogP contribution in [-0.2, 0) is 4.79 Å². The lowest BCUT2D eigenvalue weighted by atomic mass is 10.1. The van der Waals surface area contributed by atoms with Gasteiger partial charge in [-0.15, -0.1) is 11.6 Å². The first-order valence-corrected chi connectivity index (χ1v) is 6.07. The number of carbonyl (C=O) groups is 1. The summed E-state index contributed by atoms with van der Waals surface area (Å²) in [6.07, 6.45) is 0. The Morgan fingerprint density at radius 1 is 1.28 bits per heavy atom. The average Bonchev–Trinajstić information content (AvgIpc) is 2.67. The Hall–Kier alpha value is -1.75. The number of amides is 1. The van der Waals surface area contributed by atoms with E-state index in [9.17, 15) is 9.59 Å². The Bertz CT molecular complexity index is 630. The number of fused-ring (bicyclic) bond motifs is 1. The first-order chi connectivity index (χ1) is 8.47. The normalized spacial score (nSPS) is 14.4. The molecule has 0 radical (unpaired) electrons. The summed E-state index contributed by atoms with van der Waals surface area (Å²) in [5.41, 5.74) is 2.13. The number of benzene rings is 1. The zero-order chi connectivity index (χ0) is 13.3. The van der Waals surface area contributed by atoms with Crippen molar-refractivity contribution in [1.29, 1.82) is 0 Å². The van der Waals surface area contributed by atoms with Crippen LogP contribution in [0.3, 0.4) is 0 Å². The molecule has 2 atom stereocenters. The monoisotopic (exact) mass is 267 g/mol. The van der Waals surface area contributed by atoms with Crippen molar-refractivity contribution in [3.8, 4) is 0 Å². The molecule has 0 aliphatic rings. The van der Waals surface area contributed by atoms with Crippen molar-refractivity contribution in [2.45, 2.75) is 25.3 Å². The van der Waals surface area contributed by atoms with Crippen molar-refractivity contribution in [3.05, 3.63) is 34.2 Å². The molecule has 0 aliphatic heterocycles. The van der Waals surface area contributed by atoms with Crippen LogP contribution < -0.4 is 11.0 Å². The fourth-order valence-corrected chi connectivity index (χ4v) is 1.79. The molecule has 5 nitrogen and oxygen atoms in total. The predicted octanol–water partition coefficient (Wildman–Crippen LogP) is 1.66. The highest BCUT2D eigenvalue weighted by Crippen LogP contribution is 2.17. The van der Waals surface area contributed by atoms with E-state index in [0.29, 0.717) is 0 Å². The van der Waals surface area contributed by atoms with Crippen LogP contribution in [0.2, 0.25) is 0 Å². The number of rotatable bonds is 3. The third-order valence-corrected chi connectivity index (χ3v) is 2.96. The van der Waals surface area contributed by atoms with Crippen molar-refractivity contribution in [2.75, 3.05) is 0 Å². The zero-order valence-electron chi connectivity index (χ0n) is 10.1. The second-order valence-corrected chi connectivity index (χ2v) is 4.89. The van der Waals surface area contributed by atoms with Crippen LogP contribution in [0.15, 0.2) is 23.0 Å². The number of imidazole rings is 1. The van der Waals surface area contributed by atoms with Crippen molar-refractivity contribution in [3.63, 3.8) is 0 Å². The second-order valence-electron chi connectivity index (χ2n) is 4.23. The summed E-state index contributed by atoms with van der Waals surface area (Å²) in [7, 11) is 0. The predicted molar refractivity (Wildman–Crippen MR) is 70.8 cm³/mol. The third kappa shape index (κ3) is 2.56. The van der Waals surface area contributed by atoms with Gasteiger partial charge >= 0.3 is 5.69 Å². The van der Waals surface area contributed by atoms with Crippen LogP contribution in [0.4, 0.5) is 0 Å². The highest BCUT2D eigenvalue weighted by molar-refractivity contribution is 6.30. The van der Waals surface area contributed by atoms with E-state index in [0.717, 1.165) is 16.6 Å². The van der Waals surface area contributed by atoms with Crippen LogP contribution in [0.1, 0.15) is 25.5 Å². The van der Waals surface area contributed by atoms with Gasteiger partial charge in [0, 0.05) is 0 Å². The molecule has 2 unspecified atom stereocenters. The summed E-state index contributed by atoms with van der Waals surface area (Å²) in [5, 5.41) is 2.23. The number of H-pyrrole nitrogens is 2. The summed E-state index contributed by atoms with van der Waals surface area (Å²) in [6.45, 7) is 3.49. The lowest BCUT2D eigenvalue weighted by Gasteiger charge is -2.15. The molecule has 0 fully saturated rings. The van der Waals surface area contributed by atoms with Crippen LogP contribution in [-0.4, -0.2) is 21.3 Å². The van der Waals surface area contributed by atoms with Crippen LogP contribution in [0.5, 0.6) is 0 Å². The molecule has 3 N–H and O–H groups in total. The fourth-order valence-electron chi connectivity index (χ4n) is 1.73. The topological polar surface area (TPSA) is 77.8 Å². The molecule has 1 heterocycles. The van der Waals surface area contributed by atoms with E-state index >= 15 is 0 Å². The Morgan fingerprint density at radius 3 is 2.61 bits per heavy atom. The van der Waals surface area contributed by atoms with E-state index in [-0.39, 0.29) is 17.6 Å². The number of hydrogen-bond donors (Lipinski definition) is 3. The molecular formula is C12H14ClN3O2. The number of aromatic amines is 2. The Morgan fingerprint density at radius 2 is 1.94 bits per heavy atom. The molecule has 0 spiro atoms. The molecule has 2 rings (SSSR count). The first kappa shape index (κ1) is 12.7. The van der Waals surface area contributed by atoms with Gasteiger partial charge in [-0.05, 0) is 31.5 Å². The van der Waals surface area contributed by atoms with Crippen LogP contribution in [0, 0.1) is 0 Å². The first-order valence-electron chi connectivity index (χ1n) is 5.64. The van der Waals surface area contributed by atoms with Gasteiger partial charge in [-0.3, -0.25) is 4.79 Å². The molecule has 0 aliphatic carbocycles. The van der Waals surface area contributed by atoms with Crippen molar-refractivity contribution in [2.24, 2.45) is 0 Å². The molecule has 1 amide bonds. The number of halogens is 1. The molecule has 0 saturated carbocycles. The maximum absolute atomic E-state index is 11.5. The summed E-state index contributed by atoms with van der Waals surface area (Å²) in [6, 6.07) is 5.32. The molecule has 0 bridgehead atoms. The van der Waals surface area contributed by atoms with Gasteiger partial charge in [0.15, 0.2) is 0 Å². The van der Waals surface area contributed by atoms with Gasteiger partial charge in [0.05, 0.1) is 17.1 Å². The van der Waals surface area contributed by atoms with Gasteiger partial charge in [-0.1, -0.05) is 6.07 Å². The zero-order valence-corrected chi connectivity index (χ0v) is 10.8. The number of alkyl halides is 1. The Balaban J connectivity index is 2.24. The maximum Gasteiger partial charge on any atom is 0.323 e. The van der Waals surface area contributed by atoms with Crippen molar-refractivity contribution in [1.82, 2.24) is 15.3 Å². The standard InChI is InChI=1S/C12H14ClN3O2/c1-6(13)11(17)14-7(2)8-3-4-9-10(5-8)16-12(18)15-9/h3-7H,1-2H3,(H,14,17)(H2,15,16,18). The number of aromatic nitrogens is 2. The van der Waals surface area contributed by atoms with Gasteiger partial charge in [0.1, 0.15) is 5.38 Å². The molecule has 2 aromatic rings. The SMILES string of the molecule is CC(Cl)C(=O)NC(C)c1ccc2[nH]c(=O)[nH]c2c1. The van der Waals surface area contributed by atoms with Gasteiger partial charge in [0.2, 0.25) is 5.91 Å². The average molecular weight is 268 g/mol. The Kier molecular flexibility index (Phi) is 3.43. The summed E-state index contributed by atoms with van der Waals surface area (Å²) in [4.78, 5) is 28.0. The third-order valence-electron chi connectivity index (χ3n) is 2.76. The van der Waals surface area contributed by atoms with Crippen molar-refractivity contribution >= 4 is 28.5 Å². The summed E-state index contributed by atoms with van der Waals surface area (Å²) >= 11 is 5.69. The van der Waals surface area contributed by atoms with E-state index in [4.69, 9.17) is 11.6 Å². The summed E-state index contributed by atoms with van der Waals surface area (Å²) < 4.78 is 0. The quantitative estimate of drug-likeness (QED) is 0.740. The summed E-state index contributed by atoms with van der Waals surface area (Å²) in [5.74, 6) is -0.216. The van der Waals surface area contributed by atoms with Crippen molar-refractivity contribution < 1.29 is 4.79 Å². The molecule has 0 saturated heterocycles. The van der Waals surface area contributed by atoms with Gasteiger partial charge in [-0.25, -0.2) is 4.79 Å². The van der Waals surface area contributed by atoms with E-state index < -0.39 is 5.38 Å². The minimum atomic E-state index is -0.566. The molecule has 1 aromatic heterocycles. The molecule has 1 aromatic carbocycles. The van der Waals surface area contributed by atoms with Crippen LogP contribution >= 0.6 is 11.6 Å². The second kappa shape index (κ2) is 4.86. The highest BCUT2D eigenvalue weighted by atomic mass is 35.5. The van der Waals surface area contributed by atoms with Gasteiger partial charge < -0.3 is 15.3 Å². The lowest BCUT2D eigenvalue weighted by molar-refractivity contribution is -0.121. The van der Waals surface area contributed by atoms with Gasteiger partial charge in [-0.2, -0.15) is 0 Å². The number of nitrogens with one attached hydrogen (secondary N) is 3. The van der Waals surface area contributed by atoms with E-state index in [1.807, 2.05) is 19.1 Å². The molecular weight excluding hydrogens is 254 g/mol.